The Morgan fingerprint density at radius 2 is 1.83 bits per heavy atom. The Bertz CT molecular complexity index is 1120. The third-order valence-corrected chi connectivity index (χ3v) is 5.32. The van der Waals surface area contributed by atoms with E-state index in [0.29, 0.717) is 17.8 Å². The van der Waals surface area contributed by atoms with Crippen LogP contribution in [0.15, 0.2) is 57.7 Å². The van der Waals surface area contributed by atoms with Crippen LogP contribution in [0.1, 0.15) is 11.1 Å². The highest BCUT2D eigenvalue weighted by Crippen LogP contribution is 2.20. The van der Waals surface area contributed by atoms with E-state index < -0.39 is 0 Å². The van der Waals surface area contributed by atoms with E-state index in [4.69, 9.17) is 4.42 Å². The average molecular weight is 409 g/mol. The van der Waals surface area contributed by atoms with Gasteiger partial charge < -0.3 is 9.73 Å². The molecule has 1 saturated heterocycles. The molecule has 6 nitrogen and oxygen atoms in total. The molecule has 0 bridgehead atoms. The van der Waals surface area contributed by atoms with Crippen LogP contribution in [0.25, 0.3) is 11.0 Å². The van der Waals surface area contributed by atoms with Gasteiger partial charge in [-0.05, 0) is 42.3 Å². The first-order valence-electron chi connectivity index (χ1n) is 10.00. The summed E-state index contributed by atoms with van der Waals surface area (Å²) >= 11 is 0. The molecular weight excluding hydrogens is 385 g/mol. The van der Waals surface area contributed by atoms with Gasteiger partial charge in [0.2, 0.25) is 5.91 Å². The smallest absolute Gasteiger partial charge is 0.336 e. The molecule has 0 unspecified atom stereocenters. The molecule has 1 amide bonds. The van der Waals surface area contributed by atoms with Crippen molar-refractivity contribution in [2.45, 2.75) is 13.5 Å². The molecule has 0 atom stereocenters. The number of fused-ring (bicyclic) bond motifs is 1. The first kappa shape index (κ1) is 20.3. The van der Waals surface area contributed by atoms with E-state index in [-0.39, 0.29) is 23.9 Å². The summed E-state index contributed by atoms with van der Waals surface area (Å²) in [5.74, 6) is -0.532. The molecule has 1 fully saturated rings. The molecule has 0 spiro atoms. The molecule has 7 heteroatoms. The number of rotatable bonds is 5. The van der Waals surface area contributed by atoms with E-state index in [1.807, 2.05) is 25.1 Å². The third-order valence-electron chi connectivity index (χ3n) is 5.32. The van der Waals surface area contributed by atoms with E-state index >= 15 is 0 Å². The first-order valence-corrected chi connectivity index (χ1v) is 10.00. The molecule has 3 aromatic rings. The largest absolute Gasteiger partial charge is 0.423 e. The lowest BCUT2D eigenvalue weighted by Gasteiger charge is -2.34. The van der Waals surface area contributed by atoms with Crippen LogP contribution in [-0.4, -0.2) is 48.4 Å². The molecular formula is C23H24FN3O3. The minimum atomic E-state index is -0.376. The number of carbonyl (C=O) groups is 1. The fraction of sp³-hybridized carbons (Fsp3) is 0.304. The summed E-state index contributed by atoms with van der Waals surface area (Å²) in [6, 6.07) is 13.3. The molecule has 30 heavy (non-hydrogen) atoms. The van der Waals surface area contributed by atoms with E-state index in [1.165, 1.54) is 12.1 Å². The third kappa shape index (κ3) is 4.93. The lowest BCUT2D eigenvalue weighted by Crippen LogP contribution is -2.48. The van der Waals surface area contributed by atoms with Crippen molar-refractivity contribution in [2.24, 2.45) is 0 Å². The zero-order valence-corrected chi connectivity index (χ0v) is 16.9. The Kier molecular flexibility index (Phi) is 5.92. The zero-order valence-electron chi connectivity index (χ0n) is 16.9. The second-order valence-corrected chi connectivity index (χ2v) is 7.70. The van der Waals surface area contributed by atoms with Crippen LogP contribution in [0.4, 0.5) is 10.1 Å². The summed E-state index contributed by atoms with van der Waals surface area (Å²) in [6.45, 7) is 5.97. The van der Waals surface area contributed by atoms with Crippen molar-refractivity contribution in [1.29, 1.82) is 0 Å². The quantitative estimate of drug-likeness (QED) is 0.657. The standard InChI is InChI=1S/C23H24FN3O3/c1-16-5-6-20-17(12-23(29)30-21(20)11-16)14-26-7-9-27(10-8-26)15-22(28)25-19-4-2-3-18(24)13-19/h2-6,11-13H,7-10,14-15H2,1H3,(H,25,28). The van der Waals surface area contributed by atoms with Gasteiger partial charge in [-0.25, -0.2) is 9.18 Å². The summed E-state index contributed by atoms with van der Waals surface area (Å²) in [4.78, 5) is 28.5. The van der Waals surface area contributed by atoms with Gasteiger partial charge in [0.05, 0.1) is 6.54 Å². The van der Waals surface area contributed by atoms with Crippen LogP contribution in [-0.2, 0) is 11.3 Å². The topological polar surface area (TPSA) is 65.8 Å². The van der Waals surface area contributed by atoms with Gasteiger partial charge in [-0.15, -0.1) is 0 Å². The Labute approximate surface area is 173 Å². The lowest BCUT2D eigenvalue weighted by atomic mass is 10.1. The van der Waals surface area contributed by atoms with Crippen LogP contribution in [0.3, 0.4) is 0 Å². The molecule has 0 aliphatic carbocycles. The molecule has 1 aliphatic heterocycles. The molecule has 2 aromatic carbocycles. The van der Waals surface area contributed by atoms with E-state index in [2.05, 4.69) is 15.1 Å². The summed E-state index contributed by atoms with van der Waals surface area (Å²) in [5, 5.41) is 3.69. The van der Waals surface area contributed by atoms with Gasteiger partial charge in [0.1, 0.15) is 11.4 Å². The van der Waals surface area contributed by atoms with Crippen LogP contribution in [0.5, 0.6) is 0 Å². The van der Waals surface area contributed by atoms with Crippen LogP contribution in [0, 0.1) is 12.7 Å². The van der Waals surface area contributed by atoms with Crippen molar-refractivity contribution in [3.63, 3.8) is 0 Å². The fourth-order valence-electron chi connectivity index (χ4n) is 3.78. The summed E-state index contributed by atoms with van der Waals surface area (Å²) in [7, 11) is 0. The maximum absolute atomic E-state index is 13.2. The van der Waals surface area contributed by atoms with Gasteiger partial charge in [0.25, 0.3) is 0 Å². The second-order valence-electron chi connectivity index (χ2n) is 7.70. The fourth-order valence-corrected chi connectivity index (χ4v) is 3.78. The number of benzene rings is 2. The van der Waals surface area contributed by atoms with Gasteiger partial charge >= 0.3 is 5.63 Å². The molecule has 2 heterocycles. The summed E-state index contributed by atoms with van der Waals surface area (Å²) in [5.41, 5.74) is 2.75. The SMILES string of the molecule is Cc1ccc2c(CN3CCN(CC(=O)Nc4cccc(F)c4)CC3)cc(=O)oc2c1. The highest BCUT2D eigenvalue weighted by Gasteiger charge is 2.20. The maximum atomic E-state index is 13.2. The van der Waals surface area contributed by atoms with E-state index in [1.54, 1.807) is 18.2 Å². The number of carbonyl (C=O) groups excluding carboxylic acids is 1. The maximum Gasteiger partial charge on any atom is 0.336 e. The number of nitrogens with one attached hydrogen (secondary N) is 1. The molecule has 156 valence electrons. The van der Waals surface area contributed by atoms with Crippen molar-refractivity contribution in [3.8, 4) is 0 Å². The van der Waals surface area contributed by atoms with E-state index in [0.717, 1.165) is 42.7 Å². The number of aryl methyl sites for hydroxylation is 1. The zero-order chi connectivity index (χ0) is 21.1. The van der Waals surface area contributed by atoms with Crippen LogP contribution < -0.4 is 10.9 Å². The Morgan fingerprint density at radius 1 is 1.07 bits per heavy atom. The first-order chi connectivity index (χ1) is 14.5. The number of anilines is 1. The van der Waals surface area contributed by atoms with Crippen LogP contribution >= 0.6 is 0 Å². The predicted molar refractivity (Wildman–Crippen MR) is 114 cm³/mol. The number of hydrogen-bond acceptors (Lipinski definition) is 5. The van der Waals surface area contributed by atoms with Gasteiger partial charge in [-0.3, -0.25) is 14.6 Å². The highest BCUT2D eigenvalue weighted by molar-refractivity contribution is 5.92. The Morgan fingerprint density at radius 3 is 2.60 bits per heavy atom. The van der Waals surface area contributed by atoms with Crippen molar-refractivity contribution >= 4 is 22.6 Å². The van der Waals surface area contributed by atoms with E-state index in [9.17, 15) is 14.0 Å². The molecule has 1 N–H and O–H groups in total. The summed E-state index contributed by atoms with van der Waals surface area (Å²) < 4.78 is 18.6. The number of amides is 1. The number of piperazine rings is 1. The second kappa shape index (κ2) is 8.77. The van der Waals surface area contributed by atoms with Crippen molar-refractivity contribution in [1.82, 2.24) is 9.80 Å². The monoisotopic (exact) mass is 409 g/mol. The Hall–Kier alpha value is -3.03. The average Bonchev–Trinajstić information content (AvgIpc) is 2.69. The van der Waals surface area contributed by atoms with Crippen molar-refractivity contribution < 1.29 is 13.6 Å². The van der Waals surface area contributed by atoms with Gasteiger partial charge in [-0.2, -0.15) is 0 Å². The predicted octanol–water partition coefficient (Wildman–Crippen LogP) is 3.00. The number of hydrogen-bond donors (Lipinski definition) is 1. The molecule has 1 aliphatic rings. The highest BCUT2D eigenvalue weighted by atomic mass is 19.1. The molecule has 4 rings (SSSR count). The lowest BCUT2D eigenvalue weighted by molar-refractivity contribution is -0.117. The molecule has 1 aromatic heterocycles. The normalized spacial score (nSPS) is 15.4. The van der Waals surface area contributed by atoms with Gasteiger partial charge in [-0.1, -0.05) is 18.2 Å². The Balaban J connectivity index is 1.33. The number of halogens is 1. The summed E-state index contributed by atoms with van der Waals surface area (Å²) in [6.07, 6.45) is 0. The van der Waals surface area contributed by atoms with Gasteiger partial charge in [0.15, 0.2) is 0 Å². The van der Waals surface area contributed by atoms with Gasteiger partial charge in [0, 0.05) is 49.9 Å². The molecule has 0 saturated carbocycles. The van der Waals surface area contributed by atoms with Crippen molar-refractivity contribution in [3.05, 3.63) is 75.9 Å². The number of nitrogens with zero attached hydrogens (tertiary/aromatic N) is 2. The van der Waals surface area contributed by atoms with Crippen molar-refractivity contribution in [2.75, 3.05) is 38.0 Å². The molecule has 0 radical (unpaired) electrons. The minimum absolute atomic E-state index is 0.156. The van der Waals surface area contributed by atoms with Crippen LogP contribution in [0.2, 0.25) is 0 Å². The minimum Gasteiger partial charge on any atom is -0.423 e.